The van der Waals surface area contributed by atoms with Crippen LogP contribution >= 0.6 is 23.2 Å². The molecule has 0 atom stereocenters. The number of carbonyl (C=O) groups excluding carboxylic acids is 1. The van der Waals surface area contributed by atoms with Crippen molar-refractivity contribution in [3.05, 3.63) is 63.3 Å². The van der Waals surface area contributed by atoms with Gasteiger partial charge in [0.2, 0.25) is 0 Å². The molecule has 2 heterocycles. The maximum Gasteiger partial charge on any atom is 0.270 e. The SMILES string of the molecule is O=C(c1cc2c(Cl)c(Cl)ccc2[nH]1)N1CCc2ccc(O)cc2CC1. The number of H-pyrrole nitrogens is 1. The second kappa shape index (κ2) is 6.28. The van der Waals surface area contributed by atoms with Gasteiger partial charge in [-0.05, 0) is 54.3 Å². The molecule has 1 aliphatic heterocycles. The second-order valence-electron chi connectivity index (χ2n) is 6.25. The first-order valence-corrected chi connectivity index (χ1v) is 8.85. The zero-order valence-electron chi connectivity index (χ0n) is 13.4. The Hall–Kier alpha value is -2.17. The highest BCUT2D eigenvalue weighted by molar-refractivity contribution is 6.45. The molecule has 6 heteroatoms. The van der Waals surface area contributed by atoms with Gasteiger partial charge in [0.05, 0.1) is 10.0 Å². The molecule has 3 aromatic rings. The normalized spacial score (nSPS) is 14.4. The minimum atomic E-state index is -0.0552. The number of hydrogen-bond donors (Lipinski definition) is 2. The Morgan fingerprint density at radius 3 is 2.60 bits per heavy atom. The molecule has 2 aromatic carbocycles. The highest BCUT2D eigenvalue weighted by Gasteiger charge is 2.22. The van der Waals surface area contributed by atoms with E-state index in [9.17, 15) is 9.90 Å². The fourth-order valence-corrected chi connectivity index (χ4v) is 3.73. The Bertz CT molecular complexity index is 981. The van der Waals surface area contributed by atoms with E-state index in [1.54, 1.807) is 24.3 Å². The van der Waals surface area contributed by atoms with Gasteiger partial charge in [0.1, 0.15) is 11.4 Å². The summed E-state index contributed by atoms with van der Waals surface area (Å²) >= 11 is 12.3. The van der Waals surface area contributed by atoms with Crippen LogP contribution in [0.3, 0.4) is 0 Å². The summed E-state index contributed by atoms with van der Waals surface area (Å²) in [5, 5.41) is 11.3. The first kappa shape index (κ1) is 16.3. The van der Waals surface area contributed by atoms with Gasteiger partial charge in [0.15, 0.2) is 0 Å². The molecule has 4 rings (SSSR count). The molecule has 4 nitrogen and oxygen atoms in total. The molecule has 0 bridgehead atoms. The summed E-state index contributed by atoms with van der Waals surface area (Å²) in [4.78, 5) is 17.9. The number of phenols is 1. The van der Waals surface area contributed by atoms with Crippen molar-refractivity contribution in [2.45, 2.75) is 12.8 Å². The van der Waals surface area contributed by atoms with Crippen LogP contribution in [0.2, 0.25) is 10.0 Å². The lowest BCUT2D eigenvalue weighted by Crippen LogP contribution is -2.33. The number of aromatic nitrogens is 1. The first-order valence-electron chi connectivity index (χ1n) is 8.09. The molecule has 0 aliphatic carbocycles. The summed E-state index contributed by atoms with van der Waals surface area (Å²) < 4.78 is 0. The van der Waals surface area contributed by atoms with Gasteiger partial charge in [0, 0.05) is 24.0 Å². The van der Waals surface area contributed by atoms with Gasteiger partial charge in [-0.15, -0.1) is 0 Å². The maximum atomic E-state index is 12.9. The minimum absolute atomic E-state index is 0.0552. The average Bonchev–Trinajstić information content (AvgIpc) is 2.93. The Kier molecular flexibility index (Phi) is 4.10. The van der Waals surface area contributed by atoms with Crippen LogP contribution < -0.4 is 0 Å². The zero-order chi connectivity index (χ0) is 17.6. The van der Waals surface area contributed by atoms with Crippen molar-refractivity contribution < 1.29 is 9.90 Å². The fraction of sp³-hybridized carbons (Fsp3) is 0.211. The van der Waals surface area contributed by atoms with E-state index < -0.39 is 0 Å². The lowest BCUT2D eigenvalue weighted by atomic mass is 10.0. The van der Waals surface area contributed by atoms with Crippen LogP contribution in [0.1, 0.15) is 21.6 Å². The number of fused-ring (bicyclic) bond motifs is 2. The number of carbonyl (C=O) groups is 1. The molecule has 128 valence electrons. The Balaban J connectivity index is 1.60. The summed E-state index contributed by atoms with van der Waals surface area (Å²) in [6.07, 6.45) is 1.50. The van der Waals surface area contributed by atoms with Crippen LogP contribution in [0, 0.1) is 0 Å². The standard InChI is InChI=1S/C19H16Cl2N2O2/c20-15-3-4-16-14(18(15)21)10-17(22-16)19(25)23-7-5-11-1-2-13(24)9-12(11)6-8-23/h1-4,9-10,22,24H,5-8H2. The van der Waals surface area contributed by atoms with Gasteiger partial charge >= 0.3 is 0 Å². The average molecular weight is 375 g/mol. The molecule has 0 fully saturated rings. The van der Waals surface area contributed by atoms with E-state index in [1.165, 1.54) is 5.56 Å². The third-order valence-corrected chi connectivity index (χ3v) is 5.52. The molecular formula is C19H16Cl2N2O2. The highest BCUT2D eigenvalue weighted by atomic mass is 35.5. The smallest absolute Gasteiger partial charge is 0.270 e. The number of aromatic amines is 1. The number of rotatable bonds is 1. The number of hydrogen-bond acceptors (Lipinski definition) is 2. The van der Waals surface area contributed by atoms with Gasteiger partial charge < -0.3 is 15.0 Å². The van der Waals surface area contributed by atoms with Crippen molar-refractivity contribution >= 4 is 40.0 Å². The van der Waals surface area contributed by atoms with Crippen molar-refractivity contribution in [1.29, 1.82) is 0 Å². The highest BCUT2D eigenvalue weighted by Crippen LogP contribution is 2.31. The van der Waals surface area contributed by atoms with Gasteiger partial charge in [-0.2, -0.15) is 0 Å². The molecule has 25 heavy (non-hydrogen) atoms. The Morgan fingerprint density at radius 1 is 1.04 bits per heavy atom. The van der Waals surface area contributed by atoms with Crippen LogP contribution in [0.4, 0.5) is 0 Å². The van der Waals surface area contributed by atoms with Crippen LogP contribution in [0.25, 0.3) is 10.9 Å². The predicted molar refractivity (Wildman–Crippen MR) is 99.7 cm³/mol. The number of phenolic OH excluding ortho intramolecular Hbond substituents is 1. The molecule has 0 saturated carbocycles. The lowest BCUT2D eigenvalue weighted by Gasteiger charge is -2.19. The van der Waals surface area contributed by atoms with Gasteiger partial charge in [-0.3, -0.25) is 4.79 Å². The van der Waals surface area contributed by atoms with Crippen LogP contribution in [0.15, 0.2) is 36.4 Å². The number of benzene rings is 2. The van der Waals surface area contributed by atoms with E-state index in [4.69, 9.17) is 23.2 Å². The van der Waals surface area contributed by atoms with Gasteiger partial charge in [0.25, 0.3) is 5.91 Å². The Labute approximate surface area is 155 Å². The predicted octanol–water partition coefficient (Wildman–Crippen LogP) is 4.42. The molecule has 1 amide bonds. The van der Waals surface area contributed by atoms with Crippen molar-refractivity contribution in [3.8, 4) is 5.75 Å². The van der Waals surface area contributed by atoms with E-state index in [0.29, 0.717) is 28.8 Å². The van der Waals surface area contributed by atoms with Crippen LogP contribution in [-0.2, 0) is 12.8 Å². The second-order valence-corrected chi connectivity index (χ2v) is 7.04. The van der Waals surface area contributed by atoms with E-state index in [-0.39, 0.29) is 11.7 Å². The molecule has 0 unspecified atom stereocenters. The number of nitrogens with one attached hydrogen (secondary N) is 1. The van der Waals surface area contributed by atoms with Crippen molar-refractivity contribution in [2.24, 2.45) is 0 Å². The number of halogens is 2. The topological polar surface area (TPSA) is 56.3 Å². The molecule has 0 radical (unpaired) electrons. The van der Waals surface area contributed by atoms with Crippen molar-refractivity contribution in [2.75, 3.05) is 13.1 Å². The number of nitrogens with zero attached hydrogens (tertiary/aromatic N) is 1. The monoisotopic (exact) mass is 374 g/mol. The summed E-state index contributed by atoms with van der Waals surface area (Å²) in [5.41, 5.74) is 3.58. The lowest BCUT2D eigenvalue weighted by molar-refractivity contribution is 0.0758. The Morgan fingerprint density at radius 2 is 1.80 bits per heavy atom. The number of aromatic hydroxyl groups is 1. The molecule has 0 saturated heterocycles. The van der Waals surface area contributed by atoms with E-state index in [2.05, 4.69) is 4.98 Å². The van der Waals surface area contributed by atoms with Crippen LogP contribution in [0.5, 0.6) is 5.75 Å². The van der Waals surface area contributed by atoms with Gasteiger partial charge in [-0.25, -0.2) is 0 Å². The molecule has 1 aliphatic rings. The third kappa shape index (κ3) is 2.96. The largest absolute Gasteiger partial charge is 0.508 e. The zero-order valence-corrected chi connectivity index (χ0v) is 14.9. The summed E-state index contributed by atoms with van der Waals surface area (Å²) in [6, 6.07) is 10.7. The minimum Gasteiger partial charge on any atom is -0.508 e. The van der Waals surface area contributed by atoms with Crippen LogP contribution in [-0.4, -0.2) is 34.0 Å². The quantitative estimate of drug-likeness (QED) is 0.662. The fourth-order valence-electron chi connectivity index (χ4n) is 3.34. The molecule has 1 aromatic heterocycles. The van der Waals surface area contributed by atoms with Crippen molar-refractivity contribution in [3.63, 3.8) is 0 Å². The summed E-state index contributed by atoms with van der Waals surface area (Å²) in [7, 11) is 0. The van der Waals surface area contributed by atoms with Gasteiger partial charge in [-0.1, -0.05) is 29.3 Å². The van der Waals surface area contributed by atoms with E-state index >= 15 is 0 Å². The molecule has 2 N–H and O–H groups in total. The van der Waals surface area contributed by atoms with E-state index in [1.807, 2.05) is 17.0 Å². The first-order chi connectivity index (χ1) is 12.0. The third-order valence-electron chi connectivity index (χ3n) is 4.70. The molecule has 0 spiro atoms. The molecular weight excluding hydrogens is 359 g/mol. The maximum absolute atomic E-state index is 12.9. The number of amides is 1. The van der Waals surface area contributed by atoms with Crippen molar-refractivity contribution in [1.82, 2.24) is 9.88 Å². The van der Waals surface area contributed by atoms with E-state index in [0.717, 1.165) is 29.3 Å². The summed E-state index contributed by atoms with van der Waals surface area (Å²) in [6.45, 7) is 1.25. The summed E-state index contributed by atoms with van der Waals surface area (Å²) in [5.74, 6) is 0.209.